The van der Waals surface area contributed by atoms with Crippen molar-refractivity contribution in [3.05, 3.63) is 53.6 Å². The molecule has 0 fully saturated rings. The van der Waals surface area contributed by atoms with E-state index in [0.717, 1.165) is 17.4 Å². The van der Waals surface area contributed by atoms with Crippen molar-refractivity contribution in [1.82, 2.24) is 0 Å². The van der Waals surface area contributed by atoms with Crippen LogP contribution >= 0.6 is 0 Å². The number of benzene rings is 2. The first-order valence-corrected chi connectivity index (χ1v) is 11.1. The van der Waals surface area contributed by atoms with Gasteiger partial charge in [0.1, 0.15) is 11.8 Å². The van der Waals surface area contributed by atoms with E-state index in [1.165, 1.54) is 4.31 Å². The highest BCUT2D eigenvalue weighted by Gasteiger charge is 2.32. The van der Waals surface area contributed by atoms with E-state index in [1.807, 2.05) is 32.9 Å². The molecule has 152 valence electrons. The van der Waals surface area contributed by atoms with Gasteiger partial charge >= 0.3 is 0 Å². The maximum Gasteiger partial charge on any atom is 0.248 e. The number of nitrogens with one attached hydrogen (secondary N) is 1. The molecule has 28 heavy (non-hydrogen) atoms. The van der Waals surface area contributed by atoms with Gasteiger partial charge in [-0.2, -0.15) is 0 Å². The molecule has 0 saturated carbocycles. The number of nitrogens with zero attached hydrogens (tertiary/aromatic N) is 1. The number of hydrogen-bond donors (Lipinski definition) is 1. The van der Waals surface area contributed by atoms with E-state index in [4.69, 9.17) is 4.74 Å². The van der Waals surface area contributed by atoms with Crippen LogP contribution in [0.4, 0.5) is 11.4 Å². The van der Waals surface area contributed by atoms with E-state index in [1.54, 1.807) is 37.3 Å². The molecule has 1 N–H and O–H groups in total. The van der Waals surface area contributed by atoms with Crippen molar-refractivity contribution < 1.29 is 17.9 Å². The Labute approximate surface area is 167 Å². The molecule has 0 aliphatic rings. The molecule has 6 nitrogen and oxygen atoms in total. The lowest BCUT2D eigenvalue weighted by atomic mass is 10.1. The predicted octanol–water partition coefficient (Wildman–Crippen LogP) is 3.89. The molecule has 7 heteroatoms. The monoisotopic (exact) mass is 404 g/mol. The van der Waals surface area contributed by atoms with Gasteiger partial charge in [-0.25, -0.2) is 8.42 Å². The molecule has 0 aromatic heterocycles. The number of sulfonamides is 1. The molecule has 0 heterocycles. The molecule has 0 spiro atoms. The van der Waals surface area contributed by atoms with Crippen molar-refractivity contribution >= 4 is 27.3 Å². The van der Waals surface area contributed by atoms with Gasteiger partial charge in [-0.05, 0) is 56.5 Å². The van der Waals surface area contributed by atoms with Gasteiger partial charge in [0.25, 0.3) is 0 Å². The number of amides is 1. The Kier molecular flexibility index (Phi) is 7.07. The molecule has 0 bridgehead atoms. The van der Waals surface area contributed by atoms with Crippen molar-refractivity contribution in [3.8, 4) is 5.75 Å². The topological polar surface area (TPSA) is 75.7 Å². The maximum atomic E-state index is 13.0. The molecule has 0 saturated heterocycles. The summed E-state index contributed by atoms with van der Waals surface area (Å²) >= 11 is 0. The highest BCUT2D eigenvalue weighted by Crippen LogP contribution is 2.28. The van der Waals surface area contributed by atoms with E-state index in [-0.39, 0.29) is 5.91 Å². The second kappa shape index (κ2) is 9.10. The lowest BCUT2D eigenvalue weighted by molar-refractivity contribution is -0.117. The SMILES string of the molecule is CCOc1cccc(NC(=O)[C@@H](CC)N(c2cc(C)ccc2C)S(C)(=O)=O)c1. The van der Waals surface area contributed by atoms with Crippen molar-refractivity contribution in [3.63, 3.8) is 0 Å². The number of aryl methyl sites for hydroxylation is 2. The number of hydrogen-bond acceptors (Lipinski definition) is 4. The summed E-state index contributed by atoms with van der Waals surface area (Å²) < 4.78 is 31.9. The molecule has 2 rings (SSSR count). The van der Waals surface area contributed by atoms with E-state index < -0.39 is 16.1 Å². The molecule has 0 radical (unpaired) electrons. The fraction of sp³-hybridized carbons (Fsp3) is 0.381. The molecule has 1 atom stereocenters. The highest BCUT2D eigenvalue weighted by atomic mass is 32.2. The number of anilines is 2. The molecule has 0 aliphatic heterocycles. The minimum absolute atomic E-state index is 0.331. The second-order valence-electron chi connectivity index (χ2n) is 6.72. The normalized spacial score (nSPS) is 12.3. The number of ether oxygens (including phenoxy) is 1. The first-order valence-electron chi connectivity index (χ1n) is 9.27. The Morgan fingerprint density at radius 2 is 1.86 bits per heavy atom. The summed E-state index contributed by atoms with van der Waals surface area (Å²) in [6, 6.07) is 11.7. The van der Waals surface area contributed by atoms with E-state index in [2.05, 4.69) is 5.32 Å². The van der Waals surface area contributed by atoms with Gasteiger partial charge < -0.3 is 10.1 Å². The Morgan fingerprint density at radius 1 is 1.14 bits per heavy atom. The summed E-state index contributed by atoms with van der Waals surface area (Å²) in [5, 5.41) is 2.82. The molecule has 0 unspecified atom stereocenters. The number of carbonyl (C=O) groups is 1. The maximum absolute atomic E-state index is 13.0. The zero-order valence-electron chi connectivity index (χ0n) is 17.0. The fourth-order valence-electron chi connectivity index (χ4n) is 3.05. The van der Waals surface area contributed by atoms with Crippen LogP contribution < -0.4 is 14.4 Å². The van der Waals surface area contributed by atoms with Crippen LogP contribution in [0.1, 0.15) is 31.4 Å². The largest absolute Gasteiger partial charge is 0.494 e. The van der Waals surface area contributed by atoms with Crippen molar-refractivity contribution in [1.29, 1.82) is 0 Å². The van der Waals surface area contributed by atoms with Crippen LogP contribution in [0.15, 0.2) is 42.5 Å². The van der Waals surface area contributed by atoms with Gasteiger partial charge in [0.15, 0.2) is 0 Å². The standard InChI is InChI=1S/C21H28N2O4S/c1-6-19(21(24)22-17-9-8-10-18(14-17)27-7-2)23(28(5,25)26)20-13-15(3)11-12-16(20)4/h8-14,19H,6-7H2,1-5H3,(H,22,24)/t19-/m1/s1. The molecule has 0 aliphatic carbocycles. The molecule has 2 aromatic carbocycles. The Bertz CT molecular complexity index is 941. The van der Waals surface area contributed by atoms with Crippen LogP contribution in [0.3, 0.4) is 0 Å². The first kappa shape index (κ1) is 21.8. The molecule has 1 amide bonds. The Hall–Kier alpha value is -2.54. The van der Waals surface area contributed by atoms with Crippen LogP contribution in [-0.4, -0.2) is 33.2 Å². The molecular formula is C21H28N2O4S. The molecule has 2 aromatic rings. The minimum Gasteiger partial charge on any atom is -0.494 e. The van der Waals surface area contributed by atoms with Crippen LogP contribution in [0.2, 0.25) is 0 Å². The fourth-order valence-corrected chi connectivity index (χ4v) is 4.31. The minimum atomic E-state index is -3.67. The van der Waals surface area contributed by atoms with E-state index in [9.17, 15) is 13.2 Å². The number of carbonyl (C=O) groups excluding carboxylic acids is 1. The first-order chi connectivity index (χ1) is 13.2. The average Bonchev–Trinajstić information content (AvgIpc) is 2.61. The van der Waals surface area contributed by atoms with Gasteiger partial charge in [0.2, 0.25) is 15.9 Å². The van der Waals surface area contributed by atoms with E-state index >= 15 is 0 Å². The predicted molar refractivity (Wildman–Crippen MR) is 114 cm³/mol. The summed E-state index contributed by atoms with van der Waals surface area (Å²) in [7, 11) is -3.67. The number of rotatable bonds is 8. The third kappa shape index (κ3) is 5.25. The van der Waals surface area contributed by atoms with Crippen LogP contribution in [0, 0.1) is 13.8 Å². The van der Waals surface area contributed by atoms with Crippen molar-refractivity contribution in [2.24, 2.45) is 0 Å². The van der Waals surface area contributed by atoms with Crippen molar-refractivity contribution in [2.45, 2.75) is 40.2 Å². The zero-order chi connectivity index (χ0) is 20.9. The van der Waals surface area contributed by atoms with Gasteiger partial charge in [-0.3, -0.25) is 9.10 Å². The van der Waals surface area contributed by atoms with Crippen LogP contribution in [0.5, 0.6) is 5.75 Å². The summed E-state index contributed by atoms with van der Waals surface area (Å²) in [6.45, 7) is 7.92. The Balaban J connectivity index is 2.39. The summed E-state index contributed by atoms with van der Waals surface area (Å²) in [5.74, 6) is 0.255. The summed E-state index contributed by atoms with van der Waals surface area (Å²) in [6.07, 6.45) is 1.46. The summed E-state index contributed by atoms with van der Waals surface area (Å²) in [4.78, 5) is 13.0. The van der Waals surface area contributed by atoms with Gasteiger partial charge in [0, 0.05) is 11.8 Å². The molecular weight excluding hydrogens is 376 g/mol. The zero-order valence-corrected chi connectivity index (χ0v) is 17.8. The lowest BCUT2D eigenvalue weighted by Crippen LogP contribution is -2.47. The van der Waals surface area contributed by atoms with Crippen molar-refractivity contribution in [2.75, 3.05) is 22.5 Å². The Morgan fingerprint density at radius 3 is 2.46 bits per heavy atom. The van der Waals surface area contributed by atoms with E-state index in [0.29, 0.717) is 30.2 Å². The lowest BCUT2D eigenvalue weighted by Gasteiger charge is -2.31. The average molecular weight is 405 g/mol. The summed E-state index contributed by atoms with van der Waals surface area (Å²) in [5.41, 5.74) is 2.80. The van der Waals surface area contributed by atoms with Gasteiger partial charge in [-0.1, -0.05) is 25.1 Å². The van der Waals surface area contributed by atoms with Gasteiger partial charge in [0.05, 0.1) is 18.6 Å². The second-order valence-corrected chi connectivity index (χ2v) is 8.58. The van der Waals surface area contributed by atoms with Crippen LogP contribution in [0.25, 0.3) is 0 Å². The smallest absolute Gasteiger partial charge is 0.248 e. The third-order valence-corrected chi connectivity index (χ3v) is 5.51. The van der Waals surface area contributed by atoms with Gasteiger partial charge in [-0.15, -0.1) is 0 Å². The quantitative estimate of drug-likeness (QED) is 0.724. The van der Waals surface area contributed by atoms with Crippen LogP contribution in [-0.2, 0) is 14.8 Å². The third-order valence-electron chi connectivity index (χ3n) is 4.34. The highest BCUT2D eigenvalue weighted by molar-refractivity contribution is 7.92.